The van der Waals surface area contributed by atoms with Gasteiger partial charge in [0.2, 0.25) is 0 Å². The Bertz CT molecular complexity index is 1210. The number of nitrogens with one attached hydrogen (secondary N) is 1. The van der Waals surface area contributed by atoms with E-state index in [1.165, 1.54) is 0 Å². The van der Waals surface area contributed by atoms with Gasteiger partial charge in [0.1, 0.15) is 0 Å². The van der Waals surface area contributed by atoms with Gasteiger partial charge in [-0.05, 0) is 52.4 Å². The number of benzene rings is 1. The van der Waals surface area contributed by atoms with Gasteiger partial charge in [0, 0.05) is 36.4 Å². The summed E-state index contributed by atoms with van der Waals surface area (Å²) in [6, 6.07) is 10.3. The largest absolute Gasteiger partial charge is 0.328 e. The molecule has 4 aromatic rings. The molecule has 1 aromatic carbocycles. The molecule has 4 rings (SSSR count). The zero-order valence-corrected chi connectivity index (χ0v) is 19.4. The van der Waals surface area contributed by atoms with Crippen molar-refractivity contribution in [2.24, 2.45) is 0 Å². The molecule has 0 unspecified atom stereocenters. The first-order chi connectivity index (χ1) is 16.2. The van der Waals surface area contributed by atoms with Gasteiger partial charge in [-0.2, -0.15) is 0 Å². The van der Waals surface area contributed by atoms with E-state index >= 15 is 0 Å². The summed E-state index contributed by atoms with van der Waals surface area (Å²) in [4.78, 5) is 17.3. The van der Waals surface area contributed by atoms with Gasteiger partial charge in [-0.3, -0.25) is 14.1 Å². The van der Waals surface area contributed by atoms with Crippen molar-refractivity contribution < 1.29 is 0 Å². The van der Waals surface area contributed by atoms with E-state index in [0.717, 1.165) is 73.0 Å². The molecule has 0 radical (unpaired) electrons. The van der Waals surface area contributed by atoms with Gasteiger partial charge in [0.25, 0.3) is 0 Å². The first kappa shape index (κ1) is 22.6. The molecule has 1 N–H and O–H groups in total. The molecule has 0 fully saturated rings. The molecular weight excluding hydrogens is 414 g/mol. The van der Waals surface area contributed by atoms with E-state index in [9.17, 15) is 4.79 Å². The smallest absolute Gasteiger partial charge is 0.299 e. The fourth-order valence-corrected chi connectivity index (χ4v) is 4.08. The quantitative estimate of drug-likeness (QED) is 0.344. The van der Waals surface area contributed by atoms with Crippen molar-refractivity contribution >= 4 is 0 Å². The molecule has 0 saturated carbocycles. The highest BCUT2D eigenvalue weighted by Crippen LogP contribution is 2.29. The lowest BCUT2D eigenvalue weighted by Crippen LogP contribution is -2.25. The van der Waals surface area contributed by atoms with Gasteiger partial charge in [-0.25, -0.2) is 9.89 Å². The van der Waals surface area contributed by atoms with E-state index in [0.29, 0.717) is 12.4 Å². The molecule has 0 spiro atoms. The number of unbranched alkanes of at least 4 members (excludes halogenated alkanes) is 3. The third kappa shape index (κ3) is 5.27. The lowest BCUT2D eigenvalue weighted by Gasteiger charge is -2.10. The second-order valence-electron chi connectivity index (χ2n) is 8.36. The van der Waals surface area contributed by atoms with E-state index in [2.05, 4.69) is 69.9 Å². The summed E-state index contributed by atoms with van der Waals surface area (Å²) in [6.07, 6.45) is 12.0. The Kier molecular flexibility index (Phi) is 7.44. The summed E-state index contributed by atoms with van der Waals surface area (Å²) >= 11 is 0. The minimum atomic E-state index is 0.0931. The van der Waals surface area contributed by atoms with Crippen LogP contribution in [0.4, 0.5) is 0 Å². The number of rotatable bonds is 11. The van der Waals surface area contributed by atoms with Crippen LogP contribution in [-0.2, 0) is 19.5 Å². The molecule has 0 amide bonds. The maximum Gasteiger partial charge on any atom is 0.328 e. The standard InChI is InChI=1S/C25H31N7O/c1-3-5-7-15-31-18-21(8-6-4-2)32(25(31)33)17-19-9-11-20(12-10-19)22-13-14-26-16-23(22)24-27-29-30-28-24/h9-14,16,18H,3-8,15,17H2,1-2H3,(H,27,28,29,30). The summed E-state index contributed by atoms with van der Waals surface area (Å²) in [7, 11) is 0. The molecule has 33 heavy (non-hydrogen) atoms. The molecule has 8 nitrogen and oxygen atoms in total. The van der Waals surface area contributed by atoms with Gasteiger partial charge in [0.05, 0.1) is 6.54 Å². The van der Waals surface area contributed by atoms with Crippen LogP contribution in [0.15, 0.2) is 53.7 Å². The number of hydrogen-bond acceptors (Lipinski definition) is 5. The highest BCUT2D eigenvalue weighted by atomic mass is 16.1. The van der Waals surface area contributed by atoms with Crippen molar-refractivity contribution in [2.75, 3.05) is 0 Å². The monoisotopic (exact) mass is 445 g/mol. The second-order valence-corrected chi connectivity index (χ2v) is 8.36. The Morgan fingerprint density at radius 2 is 1.79 bits per heavy atom. The maximum absolute atomic E-state index is 13.1. The van der Waals surface area contributed by atoms with Crippen LogP contribution >= 0.6 is 0 Å². The van der Waals surface area contributed by atoms with Crippen LogP contribution in [-0.4, -0.2) is 34.7 Å². The number of imidazole rings is 1. The van der Waals surface area contributed by atoms with Gasteiger partial charge < -0.3 is 0 Å². The number of pyridine rings is 1. The summed E-state index contributed by atoms with van der Waals surface area (Å²) in [5.74, 6) is 0.582. The van der Waals surface area contributed by atoms with Crippen LogP contribution in [0, 0.1) is 0 Å². The molecule has 0 aliphatic heterocycles. The summed E-state index contributed by atoms with van der Waals surface area (Å²) < 4.78 is 3.83. The predicted octanol–water partition coefficient (Wildman–Crippen LogP) is 4.47. The molecule has 3 heterocycles. The molecule has 0 atom stereocenters. The van der Waals surface area contributed by atoms with Crippen LogP contribution in [0.3, 0.4) is 0 Å². The summed E-state index contributed by atoms with van der Waals surface area (Å²) in [6.45, 7) is 5.73. The number of hydrogen-bond donors (Lipinski definition) is 1. The van der Waals surface area contributed by atoms with Crippen LogP contribution in [0.1, 0.15) is 57.2 Å². The normalized spacial score (nSPS) is 11.2. The SMILES string of the molecule is CCCCCn1cc(CCCC)n(Cc2ccc(-c3ccncc3-c3nnn[nH]3)cc2)c1=O. The Labute approximate surface area is 193 Å². The Morgan fingerprint density at radius 3 is 2.52 bits per heavy atom. The minimum Gasteiger partial charge on any atom is -0.299 e. The number of tetrazole rings is 1. The van der Waals surface area contributed by atoms with Crippen LogP contribution in [0.2, 0.25) is 0 Å². The molecule has 0 aliphatic carbocycles. The van der Waals surface area contributed by atoms with Crippen LogP contribution in [0.5, 0.6) is 0 Å². The fraction of sp³-hybridized carbons (Fsp3) is 0.400. The Hall–Kier alpha value is -3.55. The first-order valence-corrected chi connectivity index (χ1v) is 11.8. The van der Waals surface area contributed by atoms with E-state index in [1.807, 2.05) is 15.2 Å². The average molecular weight is 446 g/mol. The molecule has 0 saturated heterocycles. The third-order valence-corrected chi connectivity index (χ3v) is 5.94. The van der Waals surface area contributed by atoms with E-state index in [4.69, 9.17) is 0 Å². The predicted molar refractivity (Wildman–Crippen MR) is 129 cm³/mol. The highest BCUT2D eigenvalue weighted by Gasteiger charge is 2.13. The molecule has 8 heteroatoms. The van der Waals surface area contributed by atoms with Gasteiger partial charge in [-0.15, -0.1) is 5.10 Å². The minimum absolute atomic E-state index is 0.0931. The number of H-pyrrole nitrogens is 1. The van der Waals surface area contributed by atoms with E-state index < -0.39 is 0 Å². The average Bonchev–Trinajstić information content (AvgIpc) is 3.48. The second kappa shape index (κ2) is 10.8. The van der Waals surface area contributed by atoms with Crippen molar-refractivity contribution in [3.8, 4) is 22.5 Å². The van der Waals surface area contributed by atoms with Crippen molar-refractivity contribution in [1.29, 1.82) is 0 Å². The van der Waals surface area contributed by atoms with E-state index in [1.54, 1.807) is 12.4 Å². The van der Waals surface area contributed by atoms with Crippen molar-refractivity contribution in [3.05, 3.63) is 70.7 Å². The first-order valence-electron chi connectivity index (χ1n) is 11.8. The highest BCUT2D eigenvalue weighted by molar-refractivity contribution is 5.79. The maximum atomic E-state index is 13.1. The topological polar surface area (TPSA) is 94.3 Å². The Balaban J connectivity index is 1.58. The Morgan fingerprint density at radius 1 is 0.970 bits per heavy atom. The number of nitrogens with zero attached hydrogens (tertiary/aromatic N) is 6. The van der Waals surface area contributed by atoms with Crippen LogP contribution < -0.4 is 5.69 Å². The lowest BCUT2D eigenvalue weighted by molar-refractivity contribution is 0.573. The molecule has 172 valence electrons. The number of aromatic nitrogens is 7. The fourth-order valence-electron chi connectivity index (χ4n) is 4.08. The van der Waals surface area contributed by atoms with Crippen molar-refractivity contribution in [1.82, 2.24) is 34.7 Å². The van der Waals surface area contributed by atoms with Gasteiger partial charge in [-0.1, -0.05) is 57.4 Å². The zero-order valence-electron chi connectivity index (χ0n) is 19.4. The van der Waals surface area contributed by atoms with Gasteiger partial charge in [0.15, 0.2) is 5.82 Å². The summed E-state index contributed by atoms with van der Waals surface area (Å²) in [5.41, 5.74) is 5.20. The number of aromatic amines is 1. The van der Waals surface area contributed by atoms with Crippen LogP contribution in [0.25, 0.3) is 22.5 Å². The zero-order chi connectivity index (χ0) is 23.0. The van der Waals surface area contributed by atoms with Gasteiger partial charge >= 0.3 is 5.69 Å². The third-order valence-electron chi connectivity index (χ3n) is 5.94. The lowest BCUT2D eigenvalue weighted by atomic mass is 10.00. The molecule has 0 aliphatic rings. The molecular formula is C25H31N7O. The molecule has 3 aromatic heterocycles. The van der Waals surface area contributed by atoms with Crippen molar-refractivity contribution in [3.63, 3.8) is 0 Å². The van der Waals surface area contributed by atoms with E-state index in [-0.39, 0.29) is 5.69 Å². The number of aryl methyl sites for hydroxylation is 2. The van der Waals surface area contributed by atoms with Crippen molar-refractivity contribution in [2.45, 2.75) is 65.5 Å². The molecule has 0 bridgehead atoms. The summed E-state index contributed by atoms with van der Waals surface area (Å²) in [5, 5.41) is 14.2.